The number of pyridine rings is 1. The van der Waals surface area contributed by atoms with Crippen molar-refractivity contribution in [1.29, 1.82) is 0 Å². The van der Waals surface area contributed by atoms with Crippen LogP contribution in [0, 0.1) is 11.8 Å². The molecule has 0 aromatic carbocycles. The van der Waals surface area contributed by atoms with Gasteiger partial charge in [-0.1, -0.05) is 57.6 Å². The van der Waals surface area contributed by atoms with E-state index < -0.39 is 5.54 Å². The number of carbonyl (C=O) groups is 1. The molecule has 30 heavy (non-hydrogen) atoms. The van der Waals surface area contributed by atoms with Crippen molar-refractivity contribution in [2.45, 2.75) is 88.6 Å². The molecule has 1 amide bonds. The predicted octanol–water partition coefficient (Wildman–Crippen LogP) is 5.07. The van der Waals surface area contributed by atoms with Gasteiger partial charge in [-0.3, -0.25) is 4.79 Å². The Labute approximate surface area is 181 Å². The second-order valence-electron chi connectivity index (χ2n) is 9.85. The van der Waals surface area contributed by atoms with Gasteiger partial charge >= 0.3 is 0 Å². The number of likely N-dealkylation sites (N-methyl/N-ethyl adjacent to an activating group) is 1. The number of hydrogen-bond acceptors (Lipinski definition) is 4. The molecule has 2 saturated carbocycles. The van der Waals surface area contributed by atoms with E-state index in [1.165, 1.54) is 51.4 Å². The van der Waals surface area contributed by atoms with Crippen LogP contribution < -0.4 is 10.6 Å². The van der Waals surface area contributed by atoms with Crippen molar-refractivity contribution >= 4 is 11.7 Å². The first kappa shape index (κ1) is 21.2. The number of amides is 1. The number of rotatable bonds is 7. The Morgan fingerprint density at radius 3 is 2.67 bits per heavy atom. The van der Waals surface area contributed by atoms with Gasteiger partial charge in [0, 0.05) is 19.3 Å². The Morgan fingerprint density at radius 1 is 1.17 bits per heavy atom. The van der Waals surface area contributed by atoms with Crippen molar-refractivity contribution in [2.24, 2.45) is 11.8 Å². The molecule has 1 aromatic heterocycles. The van der Waals surface area contributed by atoms with E-state index in [0.717, 1.165) is 43.2 Å². The summed E-state index contributed by atoms with van der Waals surface area (Å²) in [6, 6.07) is 6.45. The predicted molar refractivity (Wildman–Crippen MR) is 122 cm³/mol. The highest BCUT2D eigenvalue weighted by Crippen LogP contribution is 2.39. The zero-order valence-electron chi connectivity index (χ0n) is 18.5. The maximum Gasteiger partial charge on any atom is 0.253 e. The summed E-state index contributed by atoms with van der Waals surface area (Å²) >= 11 is 0. The summed E-state index contributed by atoms with van der Waals surface area (Å²) in [6.45, 7) is 4.11. The molecule has 164 valence electrons. The van der Waals surface area contributed by atoms with Gasteiger partial charge in [-0.15, -0.1) is 0 Å². The van der Waals surface area contributed by atoms with Crippen LogP contribution in [0.15, 0.2) is 36.8 Å². The van der Waals surface area contributed by atoms with Crippen molar-refractivity contribution in [3.8, 4) is 0 Å². The van der Waals surface area contributed by atoms with E-state index >= 15 is 0 Å². The Hall–Kier alpha value is -2.04. The van der Waals surface area contributed by atoms with Crippen LogP contribution in [0.1, 0.15) is 77.0 Å². The first-order valence-corrected chi connectivity index (χ1v) is 12.0. The lowest BCUT2D eigenvalue weighted by molar-refractivity contribution is -0.132. The molecule has 2 N–H and O–H groups in total. The first-order chi connectivity index (χ1) is 14.6. The van der Waals surface area contributed by atoms with E-state index in [4.69, 9.17) is 0 Å². The molecule has 5 nitrogen and oxygen atoms in total. The van der Waals surface area contributed by atoms with Gasteiger partial charge in [0.05, 0.1) is 0 Å². The number of nitrogens with zero attached hydrogens (tertiary/aromatic N) is 2. The largest absolute Gasteiger partial charge is 0.367 e. The van der Waals surface area contributed by atoms with E-state index in [0.29, 0.717) is 12.0 Å². The molecule has 0 spiro atoms. The van der Waals surface area contributed by atoms with Crippen molar-refractivity contribution < 1.29 is 4.79 Å². The van der Waals surface area contributed by atoms with Crippen LogP contribution in [0.2, 0.25) is 0 Å². The molecule has 0 radical (unpaired) electrons. The van der Waals surface area contributed by atoms with Crippen molar-refractivity contribution in [3.05, 3.63) is 36.8 Å². The van der Waals surface area contributed by atoms with E-state index in [-0.39, 0.29) is 5.91 Å². The van der Waals surface area contributed by atoms with Crippen molar-refractivity contribution in [3.63, 3.8) is 0 Å². The van der Waals surface area contributed by atoms with Crippen molar-refractivity contribution in [2.75, 3.05) is 12.4 Å². The molecule has 2 heterocycles. The third-order valence-electron chi connectivity index (χ3n) is 7.64. The lowest BCUT2D eigenvalue weighted by Crippen LogP contribution is -2.49. The highest BCUT2D eigenvalue weighted by Gasteiger charge is 2.48. The highest BCUT2D eigenvalue weighted by atomic mass is 16.2. The topological polar surface area (TPSA) is 57.3 Å². The first-order valence-electron chi connectivity index (χ1n) is 12.0. The summed E-state index contributed by atoms with van der Waals surface area (Å²) in [4.78, 5) is 19.5. The zero-order valence-corrected chi connectivity index (χ0v) is 18.5. The number of hydrogen-bond donors (Lipinski definition) is 2. The molecule has 5 heteroatoms. The zero-order chi connectivity index (χ0) is 21.0. The molecule has 2 aliphatic carbocycles. The molecular formula is C25H38N4O. The lowest BCUT2D eigenvalue weighted by atomic mass is 9.74. The van der Waals surface area contributed by atoms with Gasteiger partial charge in [0.1, 0.15) is 17.2 Å². The third-order valence-corrected chi connectivity index (χ3v) is 7.64. The molecule has 3 aliphatic rings. The molecule has 1 unspecified atom stereocenters. The molecule has 1 aromatic rings. The maximum atomic E-state index is 13.3. The van der Waals surface area contributed by atoms with Gasteiger partial charge in [0.15, 0.2) is 0 Å². The average molecular weight is 411 g/mol. The molecule has 0 bridgehead atoms. The van der Waals surface area contributed by atoms with Gasteiger partial charge in [-0.05, 0) is 56.1 Å². The van der Waals surface area contributed by atoms with Gasteiger partial charge in [-0.2, -0.15) is 0 Å². The van der Waals surface area contributed by atoms with Crippen LogP contribution in [0.4, 0.5) is 5.82 Å². The summed E-state index contributed by atoms with van der Waals surface area (Å²) in [5.74, 6) is 3.28. The Morgan fingerprint density at radius 2 is 1.97 bits per heavy atom. The fourth-order valence-corrected chi connectivity index (χ4v) is 5.95. The number of nitrogens with one attached hydrogen (secondary N) is 2. The minimum Gasteiger partial charge on any atom is -0.367 e. The molecule has 4 rings (SSSR count). The monoisotopic (exact) mass is 410 g/mol. The summed E-state index contributed by atoms with van der Waals surface area (Å²) in [6.07, 6.45) is 16.3. The summed E-state index contributed by atoms with van der Waals surface area (Å²) in [5, 5.41) is 7.18. The highest BCUT2D eigenvalue weighted by molar-refractivity contribution is 5.90. The van der Waals surface area contributed by atoms with Crippen LogP contribution in [-0.4, -0.2) is 34.4 Å². The fraction of sp³-hybridized carbons (Fsp3) is 0.680. The molecular weight excluding hydrogens is 372 g/mol. The maximum absolute atomic E-state index is 13.3. The van der Waals surface area contributed by atoms with Crippen LogP contribution in [-0.2, 0) is 4.79 Å². The second kappa shape index (κ2) is 9.40. The second-order valence-corrected chi connectivity index (χ2v) is 9.85. The Bertz CT molecular complexity index is 730. The minimum atomic E-state index is -0.458. The average Bonchev–Trinajstić information content (AvgIpc) is 2.98. The standard InChI is InChI=1S/C25H38N4O/c1-19-28-25(24(30)29(19)2,15-14-20-9-4-3-5-10-20)18-21-11-8-12-22(17-21)27-23-13-6-7-16-26-23/h6-7,13,16,20-22,28H,1,3-5,8-12,14-15,17-18H2,2H3,(H,26,27)/t21-,22?,25+/m0/s1. The van der Waals surface area contributed by atoms with Gasteiger partial charge in [0.2, 0.25) is 0 Å². The van der Waals surface area contributed by atoms with Crippen LogP contribution >= 0.6 is 0 Å². The lowest BCUT2D eigenvalue weighted by Gasteiger charge is -2.37. The van der Waals surface area contributed by atoms with E-state index in [2.05, 4.69) is 22.2 Å². The van der Waals surface area contributed by atoms with Crippen LogP contribution in [0.3, 0.4) is 0 Å². The summed E-state index contributed by atoms with van der Waals surface area (Å²) in [7, 11) is 1.87. The van der Waals surface area contributed by atoms with Crippen molar-refractivity contribution in [1.82, 2.24) is 15.2 Å². The smallest absolute Gasteiger partial charge is 0.253 e. The summed E-state index contributed by atoms with van der Waals surface area (Å²) in [5.41, 5.74) is -0.458. The SMILES string of the molecule is C=C1N[C@](CCC2CCCCC2)(C[C@H]2CCCC(Nc3ccccn3)C2)C(=O)N1C. The van der Waals surface area contributed by atoms with E-state index in [9.17, 15) is 4.79 Å². The third kappa shape index (κ3) is 4.81. The van der Waals surface area contributed by atoms with Gasteiger partial charge < -0.3 is 15.5 Å². The molecule has 1 saturated heterocycles. The fourth-order valence-electron chi connectivity index (χ4n) is 5.95. The van der Waals surface area contributed by atoms with E-state index in [1.807, 2.05) is 31.4 Å². The van der Waals surface area contributed by atoms with Gasteiger partial charge in [0.25, 0.3) is 5.91 Å². The molecule has 3 atom stereocenters. The van der Waals surface area contributed by atoms with Gasteiger partial charge in [-0.25, -0.2) is 4.98 Å². The Kier molecular flexibility index (Phi) is 6.64. The van der Waals surface area contributed by atoms with E-state index in [1.54, 1.807) is 4.90 Å². The normalized spacial score (nSPS) is 30.4. The number of aromatic nitrogens is 1. The quantitative estimate of drug-likeness (QED) is 0.658. The number of anilines is 1. The summed E-state index contributed by atoms with van der Waals surface area (Å²) < 4.78 is 0. The minimum absolute atomic E-state index is 0.225. The van der Waals surface area contributed by atoms with Crippen LogP contribution in [0.5, 0.6) is 0 Å². The molecule has 1 aliphatic heterocycles. The van der Waals surface area contributed by atoms with Crippen LogP contribution in [0.25, 0.3) is 0 Å². The number of carbonyl (C=O) groups excluding carboxylic acids is 1. The Balaban J connectivity index is 1.41. The molecule has 3 fully saturated rings.